The molecule has 0 aliphatic carbocycles. The van der Waals surface area contributed by atoms with Crippen molar-refractivity contribution in [2.75, 3.05) is 27.4 Å². The Hall–Kier alpha value is -4.08. The van der Waals surface area contributed by atoms with Crippen LogP contribution in [0, 0.1) is 5.92 Å². The minimum absolute atomic E-state index is 0.368. The summed E-state index contributed by atoms with van der Waals surface area (Å²) in [4.78, 5) is 25.5. The van der Waals surface area contributed by atoms with Crippen LogP contribution in [0.15, 0.2) is 46.6 Å². The van der Waals surface area contributed by atoms with Crippen LogP contribution in [0.1, 0.15) is 51.2 Å². The number of methoxy groups -OCH3 is 2. The zero-order valence-electron chi connectivity index (χ0n) is 22.1. The van der Waals surface area contributed by atoms with Gasteiger partial charge in [-0.3, -0.25) is 9.59 Å². The predicted octanol–water partition coefficient (Wildman–Crippen LogP) is 3.91. The fourth-order valence-corrected chi connectivity index (χ4v) is 3.36. The van der Waals surface area contributed by atoms with Gasteiger partial charge in [-0.1, -0.05) is 19.8 Å². The zero-order valence-corrected chi connectivity index (χ0v) is 22.1. The van der Waals surface area contributed by atoms with Gasteiger partial charge in [0.15, 0.2) is 23.0 Å². The lowest BCUT2D eigenvalue weighted by atomic mass is 10.0. The molecule has 0 radical (unpaired) electrons. The fourth-order valence-electron chi connectivity index (χ4n) is 3.36. The summed E-state index contributed by atoms with van der Waals surface area (Å²) >= 11 is 0. The van der Waals surface area contributed by atoms with Crippen LogP contribution in [0.2, 0.25) is 0 Å². The highest BCUT2D eigenvalue weighted by Crippen LogP contribution is 2.28. The van der Waals surface area contributed by atoms with Gasteiger partial charge >= 0.3 is 0 Å². The number of amides is 2. The highest BCUT2D eigenvalue weighted by Gasteiger charge is 2.25. The van der Waals surface area contributed by atoms with E-state index in [1.165, 1.54) is 12.4 Å². The predicted molar refractivity (Wildman–Crippen MR) is 143 cm³/mol. The van der Waals surface area contributed by atoms with Crippen molar-refractivity contribution in [1.29, 1.82) is 0 Å². The first-order chi connectivity index (χ1) is 18.0. The van der Waals surface area contributed by atoms with Crippen molar-refractivity contribution in [2.24, 2.45) is 16.1 Å². The summed E-state index contributed by atoms with van der Waals surface area (Å²) in [5.41, 5.74) is 6.31. The molecule has 0 heterocycles. The molecule has 0 bridgehead atoms. The third-order valence-corrected chi connectivity index (χ3v) is 5.23. The maximum atomic E-state index is 12.7. The number of hydrazone groups is 2. The minimum atomic E-state index is -0.945. The van der Waals surface area contributed by atoms with E-state index in [2.05, 4.69) is 21.1 Å². The van der Waals surface area contributed by atoms with E-state index >= 15 is 0 Å². The highest BCUT2D eigenvalue weighted by atomic mass is 16.5. The van der Waals surface area contributed by atoms with Gasteiger partial charge in [0, 0.05) is 0 Å². The Morgan fingerprint density at radius 2 is 1.24 bits per heavy atom. The van der Waals surface area contributed by atoms with Gasteiger partial charge in [-0.05, 0) is 67.8 Å². The summed E-state index contributed by atoms with van der Waals surface area (Å²) in [5.74, 6) is 0.370. The SMILES string of the molecule is CCCCC(C(=O)N/N=C\c1ccc(OCC)c(OC)c1)C(=O)N/N=C\c1ccc(OCC)c(OC)c1. The molecule has 2 N–H and O–H groups in total. The fraction of sp³-hybridized carbons (Fsp3) is 0.407. The summed E-state index contributed by atoms with van der Waals surface area (Å²) in [5, 5.41) is 8.02. The monoisotopic (exact) mass is 512 g/mol. The summed E-state index contributed by atoms with van der Waals surface area (Å²) in [6.45, 7) is 6.79. The molecule has 10 nitrogen and oxygen atoms in total. The second kappa shape index (κ2) is 15.8. The lowest BCUT2D eigenvalue weighted by Crippen LogP contribution is -2.38. The second-order valence-corrected chi connectivity index (χ2v) is 7.85. The van der Waals surface area contributed by atoms with Gasteiger partial charge in [0.05, 0.1) is 39.9 Å². The standard InChI is InChI=1S/C27H36N4O6/c1-6-9-10-21(26(32)30-28-17-19-11-13-22(36-7-2)24(15-19)34-4)27(33)31-29-18-20-12-14-23(37-8-3)25(16-20)35-5/h11-18,21H,6-10H2,1-5H3,(H,30,32)(H,31,33)/b28-17-,29-18-. The van der Waals surface area contributed by atoms with Gasteiger partial charge in [-0.15, -0.1) is 0 Å². The number of ether oxygens (including phenoxy) is 4. The Kier molecular flexibility index (Phi) is 12.5. The largest absolute Gasteiger partial charge is 0.493 e. The third kappa shape index (κ3) is 9.14. The molecule has 0 aliphatic heterocycles. The van der Waals surface area contributed by atoms with Crippen molar-refractivity contribution in [3.63, 3.8) is 0 Å². The molecule has 0 aliphatic rings. The molecular weight excluding hydrogens is 476 g/mol. The molecule has 2 aromatic carbocycles. The number of benzene rings is 2. The van der Waals surface area contributed by atoms with Crippen LogP contribution in [0.3, 0.4) is 0 Å². The van der Waals surface area contributed by atoms with Crippen LogP contribution in [0.5, 0.6) is 23.0 Å². The molecule has 0 saturated heterocycles. The first kappa shape index (κ1) is 29.2. The molecular formula is C27H36N4O6. The van der Waals surface area contributed by atoms with E-state index < -0.39 is 17.7 Å². The molecule has 37 heavy (non-hydrogen) atoms. The van der Waals surface area contributed by atoms with Crippen molar-refractivity contribution in [3.05, 3.63) is 47.5 Å². The van der Waals surface area contributed by atoms with Crippen molar-refractivity contribution >= 4 is 24.2 Å². The Balaban J connectivity index is 2.03. The number of rotatable bonds is 15. The first-order valence-electron chi connectivity index (χ1n) is 12.2. The van der Waals surface area contributed by atoms with Crippen LogP contribution in [-0.2, 0) is 9.59 Å². The smallest absolute Gasteiger partial charge is 0.252 e. The van der Waals surface area contributed by atoms with Gasteiger partial charge in [0.25, 0.3) is 11.8 Å². The topological polar surface area (TPSA) is 120 Å². The molecule has 2 amide bonds. The van der Waals surface area contributed by atoms with Crippen LogP contribution in [-0.4, -0.2) is 51.7 Å². The van der Waals surface area contributed by atoms with Gasteiger partial charge in [0.1, 0.15) is 5.92 Å². The molecule has 200 valence electrons. The third-order valence-electron chi connectivity index (χ3n) is 5.23. The number of nitrogens with one attached hydrogen (secondary N) is 2. The van der Waals surface area contributed by atoms with Gasteiger partial charge < -0.3 is 18.9 Å². The first-order valence-corrected chi connectivity index (χ1v) is 12.2. The number of hydrogen-bond acceptors (Lipinski definition) is 8. The number of unbranched alkanes of at least 4 members (excludes halogenated alkanes) is 1. The van der Waals surface area contributed by atoms with Gasteiger partial charge in [-0.2, -0.15) is 10.2 Å². The van der Waals surface area contributed by atoms with E-state index in [4.69, 9.17) is 18.9 Å². The summed E-state index contributed by atoms with van der Waals surface area (Å²) < 4.78 is 21.7. The van der Waals surface area contributed by atoms with Crippen LogP contribution < -0.4 is 29.8 Å². The van der Waals surface area contributed by atoms with E-state index in [1.54, 1.807) is 50.6 Å². The molecule has 0 fully saturated rings. The highest BCUT2D eigenvalue weighted by molar-refractivity contribution is 6.00. The Morgan fingerprint density at radius 3 is 1.62 bits per heavy atom. The van der Waals surface area contributed by atoms with E-state index in [0.717, 1.165) is 6.42 Å². The molecule has 0 atom stereocenters. The van der Waals surface area contributed by atoms with Gasteiger partial charge in [0.2, 0.25) is 0 Å². The van der Waals surface area contributed by atoms with Crippen LogP contribution >= 0.6 is 0 Å². The number of carbonyl (C=O) groups is 2. The Bertz CT molecular complexity index is 1010. The second-order valence-electron chi connectivity index (χ2n) is 7.85. The normalized spacial score (nSPS) is 11.1. The molecule has 0 unspecified atom stereocenters. The van der Waals surface area contributed by atoms with Crippen molar-refractivity contribution in [3.8, 4) is 23.0 Å². The Morgan fingerprint density at radius 1 is 0.784 bits per heavy atom. The molecule has 10 heteroatoms. The summed E-state index contributed by atoms with van der Waals surface area (Å²) in [6, 6.07) is 10.6. The molecule has 2 rings (SSSR count). The summed E-state index contributed by atoms with van der Waals surface area (Å²) in [6.07, 6.45) is 4.85. The average molecular weight is 513 g/mol. The van der Waals surface area contributed by atoms with Gasteiger partial charge in [-0.25, -0.2) is 10.9 Å². The maximum absolute atomic E-state index is 12.7. The maximum Gasteiger partial charge on any atom is 0.252 e. The number of nitrogens with zero attached hydrogens (tertiary/aromatic N) is 2. The molecule has 0 aromatic heterocycles. The Labute approximate surface area is 218 Å². The lowest BCUT2D eigenvalue weighted by Gasteiger charge is -2.13. The van der Waals surface area contributed by atoms with E-state index in [1.807, 2.05) is 20.8 Å². The van der Waals surface area contributed by atoms with Crippen molar-refractivity contribution in [2.45, 2.75) is 40.0 Å². The van der Waals surface area contributed by atoms with Crippen LogP contribution in [0.25, 0.3) is 0 Å². The molecule has 0 spiro atoms. The van der Waals surface area contributed by atoms with E-state index in [0.29, 0.717) is 60.2 Å². The molecule has 2 aromatic rings. The summed E-state index contributed by atoms with van der Waals surface area (Å²) in [7, 11) is 3.10. The van der Waals surface area contributed by atoms with Crippen LogP contribution in [0.4, 0.5) is 0 Å². The lowest BCUT2D eigenvalue weighted by molar-refractivity contribution is -0.135. The number of carbonyl (C=O) groups excluding carboxylic acids is 2. The van der Waals surface area contributed by atoms with Crippen molar-refractivity contribution < 1.29 is 28.5 Å². The minimum Gasteiger partial charge on any atom is -0.493 e. The van der Waals surface area contributed by atoms with E-state index in [-0.39, 0.29) is 0 Å². The molecule has 0 saturated carbocycles. The van der Waals surface area contributed by atoms with E-state index in [9.17, 15) is 9.59 Å². The number of hydrogen-bond donors (Lipinski definition) is 2. The van der Waals surface area contributed by atoms with Crippen molar-refractivity contribution in [1.82, 2.24) is 10.9 Å². The zero-order chi connectivity index (χ0) is 27.0. The average Bonchev–Trinajstić information content (AvgIpc) is 2.90. The quantitative estimate of drug-likeness (QED) is 0.212.